The second kappa shape index (κ2) is 7.60. The maximum absolute atomic E-state index is 11.3. The van der Waals surface area contributed by atoms with Crippen molar-refractivity contribution in [1.82, 2.24) is 4.90 Å². The predicted octanol–water partition coefficient (Wildman–Crippen LogP) is 0.835. The van der Waals surface area contributed by atoms with Crippen molar-refractivity contribution in [3.8, 4) is 0 Å². The smallest absolute Gasteiger partial charge is 0.323 e. The van der Waals surface area contributed by atoms with Gasteiger partial charge in [-0.1, -0.05) is 6.92 Å². The summed E-state index contributed by atoms with van der Waals surface area (Å²) in [7, 11) is 3.22. The number of hydrogen-bond acceptors (Lipinski definition) is 4. The minimum absolute atomic E-state index is 0.520. The van der Waals surface area contributed by atoms with Crippen LogP contribution < -0.4 is 0 Å². The molecule has 96 valence electrons. The molecule has 0 aliphatic rings. The van der Waals surface area contributed by atoms with Crippen LogP contribution in [0.4, 0.5) is 0 Å². The van der Waals surface area contributed by atoms with Crippen molar-refractivity contribution in [2.45, 2.75) is 25.8 Å². The average molecular weight is 233 g/mol. The molecule has 0 amide bonds. The highest BCUT2D eigenvalue weighted by Crippen LogP contribution is 2.19. The van der Waals surface area contributed by atoms with Crippen LogP contribution in [0.2, 0.25) is 0 Å². The van der Waals surface area contributed by atoms with Gasteiger partial charge >= 0.3 is 5.97 Å². The number of methoxy groups -OCH3 is 2. The molecule has 1 unspecified atom stereocenters. The Morgan fingerprint density at radius 1 is 1.25 bits per heavy atom. The quantitative estimate of drug-likeness (QED) is 0.639. The Labute approximate surface area is 97.3 Å². The van der Waals surface area contributed by atoms with Gasteiger partial charge in [0.15, 0.2) is 0 Å². The zero-order valence-corrected chi connectivity index (χ0v) is 10.7. The van der Waals surface area contributed by atoms with Crippen LogP contribution in [0.3, 0.4) is 0 Å². The SMILES string of the molecule is CCC(C)(C(=O)O)N(CCOC)CCOC. The van der Waals surface area contributed by atoms with Gasteiger partial charge in [0.25, 0.3) is 0 Å². The largest absolute Gasteiger partial charge is 0.480 e. The molecule has 0 rings (SSSR count). The number of rotatable bonds is 9. The second-order valence-electron chi connectivity index (χ2n) is 3.91. The molecule has 0 spiro atoms. The van der Waals surface area contributed by atoms with Crippen molar-refractivity contribution in [1.29, 1.82) is 0 Å². The molecular weight excluding hydrogens is 210 g/mol. The molecule has 0 saturated heterocycles. The van der Waals surface area contributed by atoms with E-state index in [-0.39, 0.29) is 0 Å². The van der Waals surface area contributed by atoms with Gasteiger partial charge in [0, 0.05) is 27.3 Å². The third kappa shape index (κ3) is 4.08. The van der Waals surface area contributed by atoms with E-state index in [0.717, 1.165) is 0 Å². The van der Waals surface area contributed by atoms with Gasteiger partial charge in [-0.05, 0) is 13.3 Å². The molecule has 0 saturated carbocycles. The lowest BCUT2D eigenvalue weighted by Crippen LogP contribution is -2.54. The third-order valence-corrected chi connectivity index (χ3v) is 2.98. The van der Waals surface area contributed by atoms with E-state index in [2.05, 4.69) is 0 Å². The monoisotopic (exact) mass is 233 g/mol. The zero-order valence-electron chi connectivity index (χ0n) is 10.7. The third-order valence-electron chi connectivity index (χ3n) is 2.98. The Bertz CT molecular complexity index is 202. The first-order valence-electron chi connectivity index (χ1n) is 5.49. The molecule has 5 heteroatoms. The van der Waals surface area contributed by atoms with E-state index >= 15 is 0 Å². The maximum Gasteiger partial charge on any atom is 0.323 e. The van der Waals surface area contributed by atoms with Gasteiger partial charge in [0.2, 0.25) is 0 Å². The van der Waals surface area contributed by atoms with Gasteiger partial charge in [0.05, 0.1) is 13.2 Å². The van der Waals surface area contributed by atoms with Crippen LogP contribution in [-0.2, 0) is 14.3 Å². The summed E-state index contributed by atoms with van der Waals surface area (Å²) in [5.41, 5.74) is -0.850. The molecule has 0 bridgehead atoms. The van der Waals surface area contributed by atoms with Crippen molar-refractivity contribution in [2.24, 2.45) is 0 Å². The second-order valence-corrected chi connectivity index (χ2v) is 3.91. The molecule has 0 aromatic carbocycles. The molecule has 0 heterocycles. The summed E-state index contributed by atoms with van der Waals surface area (Å²) in [6, 6.07) is 0. The van der Waals surface area contributed by atoms with Crippen molar-refractivity contribution in [2.75, 3.05) is 40.5 Å². The van der Waals surface area contributed by atoms with Crippen molar-refractivity contribution >= 4 is 5.97 Å². The van der Waals surface area contributed by atoms with E-state index in [1.165, 1.54) is 0 Å². The fraction of sp³-hybridized carbons (Fsp3) is 0.909. The summed E-state index contributed by atoms with van der Waals surface area (Å²) < 4.78 is 9.99. The molecule has 1 N–H and O–H groups in total. The minimum Gasteiger partial charge on any atom is -0.480 e. The van der Waals surface area contributed by atoms with E-state index in [0.29, 0.717) is 32.7 Å². The van der Waals surface area contributed by atoms with Crippen LogP contribution >= 0.6 is 0 Å². The zero-order chi connectivity index (χ0) is 12.6. The van der Waals surface area contributed by atoms with Crippen LogP contribution in [0.25, 0.3) is 0 Å². The van der Waals surface area contributed by atoms with Crippen LogP contribution in [0, 0.1) is 0 Å². The standard InChI is InChI=1S/C11H23NO4/c1-5-11(2,10(13)14)12(6-8-15-3)7-9-16-4/h5-9H2,1-4H3,(H,13,14). The summed E-state index contributed by atoms with van der Waals surface area (Å²) in [6.45, 7) is 5.84. The van der Waals surface area contributed by atoms with Gasteiger partial charge in [-0.2, -0.15) is 0 Å². The molecule has 0 aliphatic heterocycles. The van der Waals surface area contributed by atoms with E-state index in [9.17, 15) is 9.90 Å². The van der Waals surface area contributed by atoms with Crippen LogP contribution in [0.15, 0.2) is 0 Å². The number of hydrogen-bond donors (Lipinski definition) is 1. The lowest BCUT2D eigenvalue weighted by Gasteiger charge is -2.37. The number of ether oxygens (including phenoxy) is 2. The lowest BCUT2D eigenvalue weighted by molar-refractivity contribution is -0.151. The Balaban J connectivity index is 4.60. The molecule has 0 radical (unpaired) electrons. The highest BCUT2D eigenvalue weighted by Gasteiger charge is 2.37. The molecule has 0 aromatic rings. The molecule has 5 nitrogen and oxygen atoms in total. The number of aliphatic carboxylic acids is 1. The summed E-state index contributed by atoms with van der Waals surface area (Å²) in [4.78, 5) is 13.2. The fourth-order valence-corrected chi connectivity index (χ4v) is 1.52. The Morgan fingerprint density at radius 3 is 1.94 bits per heavy atom. The highest BCUT2D eigenvalue weighted by atomic mass is 16.5. The molecule has 16 heavy (non-hydrogen) atoms. The van der Waals surface area contributed by atoms with Gasteiger partial charge in [-0.15, -0.1) is 0 Å². The Morgan fingerprint density at radius 2 is 1.69 bits per heavy atom. The number of nitrogens with zero attached hydrogens (tertiary/aromatic N) is 1. The van der Waals surface area contributed by atoms with Gasteiger partial charge in [-0.3, -0.25) is 9.69 Å². The van der Waals surface area contributed by atoms with Gasteiger partial charge < -0.3 is 14.6 Å². The Hall–Kier alpha value is -0.650. The number of carboxylic acids is 1. The first-order chi connectivity index (χ1) is 7.52. The van der Waals surface area contributed by atoms with E-state index in [4.69, 9.17) is 9.47 Å². The summed E-state index contributed by atoms with van der Waals surface area (Å²) in [5.74, 6) is -0.804. The summed E-state index contributed by atoms with van der Waals surface area (Å²) >= 11 is 0. The maximum atomic E-state index is 11.3. The van der Waals surface area contributed by atoms with E-state index in [1.54, 1.807) is 21.1 Å². The summed E-state index contributed by atoms with van der Waals surface area (Å²) in [5, 5.41) is 9.28. The van der Waals surface area contributed by atoms with Crippen molar-refractivity contribution in [3.05, 3.63) is 0 Å². The van der Waals surface area contributed by atoms with Crippen molar-refractivity contribution < 1.29 is 19.4 Å². The fourth-order valence-electron chi connectivity index (χ4n) is 1.52. The number of carboxylic acid groups (broad SMARTS) is 1. The van der Waals surface area contributed by atoms with Crippen LogP contribution in [-0.4, -0.2) is 62.0 Å². The molecular formula is C11H23NO4. The van der Waals surface area contributed by atoms with E-state index < -0.39 is 11.5 Å². The van der Waals surface area contributed by atoms with E-state index in [1.807, 2.05) is 11.8 Å². The highest BCUT2D eigenvalue weighted by molar-refractivity contribution is 5.78. The first kappa shape index (κ1) is 15.3. The molecule has 0 aliphatic carbocycles. The summed E-state index contributed by atoms with van der Waals surface area (Å²) in [6.07, 6.45) is 0.551. The Kier molecular flexibility index (Phi) is 7.29. The number of carbonyl (C=O) groups is 1. The molecule has 0 fully saturated rings. The molecule has 0 aromatic heterocycles. The van der Waals surface area contributed by atoms with Crippen molar-refractivity contribution in [3.63, 3.8) is 0 Å². The predicted molar refractivity (Wildman–Crippen MR) is 61.7 cm³/mol. The minimum atomic E-state index is -0.850. The topological polar surface area (TPSA) is 59.0 Å². The normalized spacial score (nSPS) is 15.1. The molecule has 1 atom stereocenters. The van der Waals surface area contributed by atoms with Crippen LogP contribution in [0.1, 0.15) is 20.3 Å². The van der Waals surface area contributed by atoms with Gasteiger partial charge in [-0.25, -0.2) is 0 Å². The van der Waals surface area contributed by atoms with Crippen LogP contribution in [0.5, 0.6) is 0 Å². The lowest BCUT2D eigenvalue weighted by atomic mass is 9.96. The first-order valence-corrected chi connectivity index (χ1v) is 5.49. The average Bonchev–Trinajstić information content (AvgIpc) is 2.28. The van der Waals surface area contributed by atoms with Gasteiger partial charge in [0.1, 0.15) is 5.54 Å².